The molecule has 2 aromatic carbocycles. The van der Waals surface area contributed by atoms with Crippen molar-refractivity contribution in [1.29, 1.82) is 0 Å². The average Bonchev–Trinajstić information content (AvgIpc) is 3.71. The summed E-state index contributed by atoms with van der Waals surface area (Å²) in [6.45, 7) is 2.21. The molecule has 2 aromatic heterocycles. The Hall–Kier alpha value is -5.18. The summed E-state index contributed by atoms with van der Waals surface area (Å²) < 4.78 is 20.2. The number of aromatic carboxylic acids is 1. The van der Waals surface area contributed by atoms with Crippen LogP contribution in [-0.4, -0.2) is 73.7 Å². The molecule has 3 amide bonds. The number of urea groups is 1. The van der Waals surface area contributed by atoms with Crippen molar-refractivity contribution in [3.05, 3.63) is 84.5 Å². The number of carboxylic acid groups (broad SMARTS) is 1. The molecule has 0 aliphatic carbocycles. The third-order valence-electron chi connectivity index (χ3n) is 6.89. The van der Waals surface area contributed by atoms with Crippen LogP contribution in [-0.2, 0) is 19.0 Å². The van der Waals surface area contributed by atoms with Gasteiger partial charge in [0, 0.05) is 6.54 Å². The molecule has 2 fully saturated rings. The quantitative estimate of drug-likeness (QED) is 0.240. The number of anilines is 2. The van der Waals surface area contributed by atoms with E-state index < -0.39 is 48.7 Å². The highest BCUT2D eigenvalue weighted by molar-refractivity contribution is 6.02. The molecule has 2 aliphatic heterocycles. The average molecular weight is 586 g/mol. The van der Waals surface area contributed by atoms with Gasteiger partial charge < -0.3 is 30.0 Å². The normalized spacial score (nSPS) is 22.9. The lowest BCUT2D eigenvalue weighted by Crippen LogP contribution is -2.38. The molecule has 2 saturated heterocycles. The number of carboxylic acids is 1. The number of nitrogens with one attached hydrogen (secondary N) is 3. The Morgan fingerprint density at radius 1 is 0.953 bits per heavy atom. The van der Waals surface area contributed by atoms with E-state index in [0.29, 0.717) is 17.7 Å². The maximum Gasteiger partial charge on any atom is 0.337 e. The molecule has 0 bridgehead atoms. The molecule has 0 saturated carbocycles. The van der Waals surface area contributed by atoms with Gasteiger partial charge in [0.2, 0.25) is 0 Å². The molecule has 6 rings (SSSR count). The van der Waals surface area contributed by atoms with Gasteiger partial charge >= 0.3 is 12.0 Å². The molecule has 4 unspecified atom stereocenters. The minimum Gasteiger partial charge on any atom is -0.478 e. The number of imidazole rings is 1. The predicted molar refractivity (Wildman–Crippen MR) is 153 cm³/mol. The van der Waals surface area contributed by atoms with E-state index in [0.717, 1.165) is 5.56 Å². The van der Waals surface area contributed by atoms with E-state index in [4.69, 9.17) is 14.2 Å². The number of fused-ring (bicyclic) bond motifs is 2. The lowest BCUT2D eigenvalue weighted by Gasteiger charge is -2.20. The van der Waals surface area contributed by atoms with Crippen LogP contribution in [0.2, 0.25) is 0 Å². The number of amides is 3. The summed E-state index contributed by atoms with van der Waals surface area (Å²) >= 11 is 0. The van der Waals surface area contributed by atoms with Crippen molar-refractivity contribution in [2.75, 3.05) is 17.2 Å². The summed E-state index contributed by atoms with van der Waals surface area (Å²) in [6, 6.07) is 15.2. The van der Waals surface area contributed by atoms with Crippen LogP contribution >= 0.6 is 0 Å². The molecular formula is C29H27N7O7. The highest BCUT2D eigenvalue weighted by Crippen LogP contribution is 2.41. The standard InChI is InChI=1S/C29H27N7O7/c1-2-30-29(40)35-24-20-25(32-14-31-24)36(15-33-20)27-23-21(41-19(42-23)13-12-16-8-4-3-5-9-16)22(43-27)26(37)34-18-11-7-6-10-17(18)28(38)39/h3-15,19,21-23,27H,2H2,1H3,(H,34,37)(H,38,39)(H2,30,31,32,35,40)/b13-12+/t19-,21?,22?,23?,27?/m0/s1. The topological polar surface area (TPSA) is 179 Å². The van der Waals surface area contributed by atoms with Crippen molar-refractivity contribution >= 4 is 46.7 Å². The lowest BCUT2D eigenvalue weighted by atomic mass is 10.1. The Kier molecular flexibility index (Phi) is 7.79. The van der Waals surface area contributed by atoms with E-state index >= 15 is 0 Å². The van der Waals surface area contributed by atoms with E-state index in [-0.39, 0.29) is 17.1 Å². The number of carbonyl (C=O) groups is 3. The molecule has 4 N–H and O–H groups in total. The van der Waals surface area contributed by atoms with E-state index in [1.54, 1.807) is 29.7 Å². The highest BCUT2D eigenvalue weighted by atomic mass is 16.8. The number of hydrogen-bond acceptors (Lipinski definition) is 9. The van der Waals surface area contributed by atoms with Crippen LogP contribution in [0.4, 0.5) is 16.3 Å². The first kappa shape index (κ1) is 28.0. The van der Waals surface area contributed by atoms with Crippen LogP contribution in [0.15, 0.2) is 73.3 Å². The number of ether oxygens (including phenoxy) is 3. The van der Waals surface area contributed by atoms with E-state index in [2.05, 4.69) is 30.9 Å². The van der Waals surface area contributed by atoms with Gasteiger partial charge in [0.05, 0.1) is 17.6 Å². The first-order chi connectivity index (χ1) is 20.9. The molecule has 14 nitrogen and oxygen atoms in total. The molecular weight excluding hydrogens is 558 g/mol. The van der Waals surface area contributed by atoms with Gasteiger partial charge in [0.15, 0.2) is 35.6 Å². The number of carbonyl (C=O) groups excluding carboxylic acids is 2. The van der Waals surface area contributed by atoms with E-state index in [1.807, 2.05) is 36.4 Å². The van der Waals surface area contributed by atoms with Gasteiger partial charge in [-0.3, -0.25) is 14.7 Å². The van der Waals surface area contributed by atoms with Gasteiger partial charge in [0.25, 0.3) is 5.91 Å². The lowest BCUT2D eigenvalue weighted by molar-refractivity contribution is -0.148. The Labute approximate surface area is 244 Å². The van der Waals surface area contributed by atoms with Gasteiger partial charge in [-0.05, 0) is 30.7 Å². The number of benzene rings is 2. The van der Waals surface area contributed by atoms with Crippen LogP contribution in [0.25, 0.3) is 17.2 Å². The fourth-order valence-electron chi connectivity index (χ4n) is 4.98. The molecule has 4 heterocycles. The van der Waals surface area contributed by atoms with Gasteiger partial charge in [-0.1, -0.05) is 48.5 Å². The Morgan fingerprint density at radius 2 is 1.72 bits per heavy atom. The van der Waals surface area contributed by atoms with Crippen molar-refractivity contribution in [2.45, 2.75) is 37.8 Å². The second-order valence-electron chi connectivity index (χ2n) is 9.66. The van der Waals surface area contributed by atoms with Gasteiger partial charge in [-0.2, -0.15) is 0 Å². The zero-order chi connectivity index (χ0) is 29.9. The molecule has 43 heavy (non-hydrogen) atoms. The summed E-state index contributed by atoms with van der Waals surface area (Å²) in [7, 11) is 0. The third kappa shape index (κ3) is 5.66. The van der Waals surface area contributed by atoms with Gasteiger partial charge in [-0.15, -0.1) is 0 Å². The molecule has 5 atom stereocenters. The Balaban J connectivity index is 1.31. The second kappa shape index (κ2) is 12.0. The maximum atomic E-state index is 13.5. The van der Waals surface area contributed by atoms with Crippen LogP contribution in [0.5, 0.6) is 0 Å². The zero-order valence-corrected chi connectivity index (χ0v) is 22.8. The minimum atomic E-state index is -1.19. The molecule has 0 radical (unpaired) electrons. The number of para-hydroxylation sites is 1. The summed E-state index contributed by atoms with van der Waals surface area (Å²) in [4.78, 5) is 50.3. The molecule has 0 spiro atoms. The molecule has 14 heteroatoms. The molecule has 220 valence electrons. The predicted octanol–water partition coefficient (Wildman–Crippen LogP) is 3.03. The summed E-state index contributed by atoms with van der Waals surface area (Å²) in [5.41, 5.74) is 1.61. The fraction of sp³-hybridized carbons (Fsp3) is 0.241. The second-order valence-corrected chi connectivity index (χ2v) is 9.66. The van der Waals surface area contributed by atoms with Crippen molar-refractivity contribution in [2.24, 2.45) is 0 Å². The van der Waals surface area contributed by atoms with Crippen LogP contribution < -0.4 is 16.0 Å². The smallest absolute Gasteiger partial charge is 0.337 e. The third-order valence-corrected chi connectivity index (χ3v) is 6.89. The minimum absolute atomic E-state index is 0.0707. The maximum absolute atomic E-state index is 13.5. The van der Waals surface area contributed by atoms with Crippen LogP contribution in [0.3, 0.4) is 0 Å². The Morgan fingerprint density at radius 3 is 2.51 bits per heavy atom. The summed E-state index contributed by atoms with van der Waals surface area (Å²) in [5.74, 6) is -1.61. The van der Waals surface area contributed by atoms with Crippen LogP contribution in [0.1, 0.15) is 29.1 Å². The fourth-order valence-corrected chi connectivity index (χ4v) is 4.98. The van der Waals surface area contributed by atoms with Crippen LogP contribution in [0, 0.1) is 0 Å². The monoisotopic (exact) mass is 585 g/mol. The number of nitrogens with zero attached hydrogens (tertiary/aromatic N) is 4. The summed E-state index contributed by atoms with van der Waals surface area (Å²) in [5, 5.41) is 17.5. The Bertz CT molecular complexity index is 1690. The number of aromatic nitrogens is 4. The molecule has 4 aromatic rings. The number of rotatable bonds is 8. The van der Waals surface area contributed by atoms with Gasteiger partial charge in [-0.25, -0.2) is 24.5 Å². The zero-order valence-electron chi connectivity index (χ0n) is 22.8. The largest absolute Gasteiger partial charge is 0.478 e. The van der Waals surface area contributed by atoms with E-state index in [9.17, 15) is 19.5 Å². The summed E-state index contributed by atoms with van der Waals surface area (Å²) in [6.07, 6.45) is 1.78. The van der Waals surface area contributed by atoms with Crippen molar-refractivity contribution in [3.63, 3.8) is 0 Å². The first-order valence-electron chi connectivity index (χ1n) is 13.5. The van der Waals surface area contributed by atoms with E-state index in [1.165, 1.54) is 24.8 Å². The highest BCUT2D eigenvalue weighted by Gasteiger charge is 2.56. The van der Waals surface area contributed by atoms with Crippen molar-refractivity contribution < 1.29 is 33.7 Å². The van der Waals surface area contributed by atoms with Gasteiger partial charge in [0.1, 0.15) is 18.5 Å². The molecule has 2 aliphatic rings. The van der Waals surface area contributed by atoms with Crippen molar-refractivity contribution in [3.8, 4) is 0 Å². The first-order valence-corrected chi connectivity index (χ1v) is 13.5. The number of hydrogen-bond donors (Lipinski definition) is 4. The SMILES string of the molecule is CCNC(=O)Nc1ncnc2c1ncn2C1OC(C(=O)Nc2ccccc2C(=O)O)C2O[C@H](/C=C/c3ccccc3)OC21. The van der Waals surface area contributed by atoms with Crippen molar-refractivity contribution in [1.82, 2.24) is 24.8 Å².